The summed E-state index contributed by atoms with van der Waals surface area (Å²) >= 11 is 0. The van der Waals surface area contributed by atoms with Gasteiger partial charge < -0.3 is 16.0 Å². The molecule has 0 radical (unpaired) electrons. The molecule has 4 atom stereocenters. The van der Waals surface area contributed by atoms with Crippen molar-refractivity contribution in [2.75, 3.05) is 6.54 Å². The quantitative estimate of drug-likeness (QED) is 0.678. The number of hydrogen-bond acceptors (Lipinski definition) is 3. The van der Waals surface area contributed by atoms with Crippen molar-refractivity contribution in [1.29, 1.82) is 0 Å². The minimum absolute atomic E-state index is 0.00662. The van der Waals surface area contributed by atoms with Gasteiger partial charge in [0.05, 0.1) is 6.04 Å². The van der Waals surface area contributed by atoms with Gasteiger partial charge in [-0.2, -0.15) is 0 Å². The van der Waals surface area contributed by atoms with E-state index in [0.717, 1.165) is 25.8 Å². The third-order valence-electron chi connectivity index (χ3n) is 4.70. The van der Waals surface area contributed by atoms with Gasteiger partial charge in [0.25, 0.3) is 0 Å². The Balaban J connectivity index is 1.51. The largest absolute Gasteiger partial charge is 0.352 e. The maximum Gasteiger partial charge on any atom is 0.242 e. The van der Waals surface area contributed by atoms with Gasteiger partial charge in [-0.3, -0.25) is 9.59 Å². The van der Waals surface area contributed by atoms with E-state index < -0.39 is 6.04 Å². The molecule has 1 aliphatic heterocycles. The molecule has 19 heavy (non-hydrogen) atoms. The Kier molecular flexibility index (Phi) is 3.48. The van der Waals surface area contributed by atoms with Gasteiger partial charge in [0.15, 0.2) is 0 Å². The Morgan fingerprint density at radius 2 is 2.00 bits per heavy atom. The minimum Gasteiger partial charge on any atom is -0.352 e. The Morgan fingerprint density at radius 1 is 1.21 bits per heavy atom. The Morgan fingerprint density at radius 3 is 2.74 bits per heavy atom. The highest BCUT2D eigenvalue weighted by Gasteiger charge is 2.42. The molecule has 106 valence electrons. The van der Waals surface area contributed by atoms with E-state index in [4.69, 9.17) is 0 Å². The smallest absolute Gasteiger partial charge is 0.242 e. The number of amides is 2. The second-order valence-electron chi connectivity index (χ2n) is 6.25. The Hall–Kier alpha value is -1.10. The molecule has 3 rings (SSSR count). The third-order valence-corrected chi connectivity index (χ3v) is 4.70. The summed E-state index contributed by atoms with van der Waals surface area (Å²) in [5.74, 6) is 1.06. The van der Waals surface area contributed by atoms with Gasteiger partial charge in [-0.25, -0.2) is 0 Å². The fraction of sp³-hybridized carbons (Fsp3) is 0.857. The molecule has 0 bridgehead atoms. The first-order valence-corrected chi connectivity index (χ1v) is 7.49. The van der Waals surface area contributed by atoms with E-state index >= 15 is 0 Å². The maximum atomic E-state index is 12.3. The summed E-state index contributed by atoms with van der Waals surface area (Å²) in [4.78, 5) is 24.1. The zero-order chi connectivity index (χ0) is 13.4. The van der Waals surface area contributed by atoms with E-state index in [0.29, 0.717) is 17.9 Å². The Bertz CT molecular complexity index is 381. The number of carbonyl (C=O) groups is 2. The van der Waals surface area contributed by atoms with Crippen LogP contribution in [0.3, 0.4) is 0 Å². The lowest BCUT2D eigenvalue weighted by atomic mass is 9.93. The highest BCUT2D eigenvalue weighted by molar-refractivity contribution is 5.90. The highest BCUT2D eigenvalue weighted by Crippen LogP contribution is 2.37. The van der Waals surface area contributed by atoms with Gasteiger partial charge in [-0.1, -0.05) is 6.42 Å². The summed E-state index contributed by atoms with van der Waals surface area (Å²) in [5, 5.41) is 9.09. The fourth-order valence-electron chi connectivity index (χ4n) is 3.40. The lowest BCUT2D eigenvalue weighted by Gasteiger charge is -2.20. The molecule has 0 aromatic heterocycles. The summed E-state index contributed by atoms with van der Waals surface area (Å²) < 4.78 is 0. The molecule has 1 saturated heterocycles. The Labute approximate surface area is 113 Å². The number of hydrogen-bond donors (Lipinski definition) is 3. The SMILES string of the molecule is CC(NC(=O)C1NCC2CCCC21)C(=O)NC1CC1. The molecule has 1 heterocycles. The first kappa shape index (κ1) is 12.9. The summed E-state index contributed by atoms with van der Waals surface area (Å²) in [7, 11) is 0. The van der Waals surface area contributed by atoms with E-state index in [1.807, 2.05) is 0 Å². The number of fused-ring (bicyclic) bond motifs is 1. The van der Waals surface area contributed by atoms with Crippen molar-refractivity contribution in [3.05, 3.63) is 0 Å². The molecule has 0 spiro atoms. The van der Waals surface area contributed by atoms with E-state index in [1.54, 1.807) is 6.92 Å². The second-order valence-corrected chi connectivity index (χ2v) is 6.25. The fourth-order valence-corrected chi connectivity index (χ4v) is 3.40. The zero-order valence-electron chi connectivity index (χ0n) is 11.4. The van der Waals surface area contributed by atoms with Crippen LogP contribution in [-0.2, 0) is 9.59 Å². The van der Waals surface area contributed by atoms with Gasteiger partial charge in [0.2, 0.25) is 11.8 Å². The normalized spacial score (nSPS) is 34.7. The molecule has 2 amide bonds. The molecule has 2 saturated carbocycles. The number of rotatable bonds is 4. The van der Waals surface area contributed by atoms with Gasteiger partial charge in [-0.15, -0.1) is 0 Å². The van der Waals surface area contributed by atoms with Crippen molar-refractivity contribution >= 4 is 11.8 Å². The van der Waals surface area contributed by atoms with Crippen LogP contribution in [0, 0.1) is 11.8 Å². The maximum absolute atomic E-state index is 12.3. The highest BCUT2D eigenvalue weighted by atomic mass is 16.2. The summed E-state index contributed by atoms with van der Waals surface area (Å²) in [6, 6.07) is -0.185. The van der Waals surface area contributed by atoms with Gasteiger partial charge in [0.1, 0.15) is 6.04 Å². The molecule has 4 unspecified atom stereocenters. The zero-order valence-corrected chi connectivity index (χ0v) is 11.4. The van der Waals surface area contributed by atoms with Crippen LogP contribution in [-0.4, -0.2) is 36.5 Å². The average molecular weight is 265 g/mol. The van der Waals surface area contributed by atoms with Gasteiger partial charge in [-0.05, 0) is 51.0 Å². The summed E-state index contributed by atoms with van der Waals surface area (Å²) in [5.41, 5.74) is 0. The van der Waals surface area contributed by atoms with Crippen LogP contribution in [0.4, 0.5) is 0 Å². The first-order valence-electron chi connectivity index (χ1n) is 7.49. The monoisotopic (exact) mass is 265 g/mol. The molecule has 2 aliphatic carbocycles. The van der Waals surface area contributed by atoms with E-state index in [2.05, 4.69) is 16.0 Å². The predicted molar refractivity (Wildman–Crippen MR) is 71.4 cm³/mol. The first-order chi connectivity index (χ1) is 9.15. The van der Waals surface area contributed by atoms with Crippen LogP contribution in [0.25, 0.3) is 0 Å². The van der Waals surface area contributed by atoms with E-state index in [-0.39, 0.29) is 17.9 Å². The molecular formula is C14H23N3O2. The summed E-state index contributed by atoms with van der Waals surface area (Å²) in [6.45, 7) is 2.71. The van der Waals surface area contributed by atoms with Gasteiger partial charge in [0, 0.05) is 6.04 Å². The lowest BCUT2D eigenvalue weighted by molar-refractivity contribution is -0.130. The third kappa shape index (κ3) is 2.76. The molecule has 3 aliphatic rings. The van der Waals surface area contributed by atoms with Crippen LogP contribution in [0.15, 0.2) is 0 Å². The molecular weight excluding hydrogens is 242 g/mol. The van der Waals surface area contributed by atoms with E-state index in [9.17, 15) is 9.59 Å². The second kappa shape index (κ2) is 5.12. The molecule has 0 aromatic rings. The van der Waals surface area contributed by atoms with Crippen molar-refractivity contribution in [3.63, 3.8) is 0 Å². The van der Waals surface area contributed by atoms with Crippen LogP contribution in [0.2, 0.25) is 0 Å². The van der Waals surface area contributed by atoms with Crippen molar-refractivity contribution in [2.24, 2.45) is 11.8 Å². The van der Waals surface area contributed by atoms with Gasteiger partial charge >= 0.3 is 0 Å². The standard InChI is InChI=1S/C14H23N3O2/c1-8(13(18)17-10-5-6-10)16-14(19)12-11-4-2-3-9(11)7-15-12/h8-12,15H,2-7H2,1H3,(H,16,19)(H,17,18). The average Bonchev–Trinajstić information content (AvgIpc) is 2.90. The topological polar surface area (TPSA) is 70.2 Å². The van der Waals surface area contributed by atoms with Crippen LogP contribution >= 0.6 is 0 Å². The molecule has 5 nitrogen and oxygen atoms in total. The predicted octanol–water partition coefficient (Wildman–Crippen LogP) is 0.158. The van der Waals surface area contributed by atoms with Crippen molar-refractivity contribution in [2.45, 2.75) is 57.2 Å². The molecule has 3 N–H and O–H groups in total. The molecule has 0 aromatic carbocycles. The van der Waals surface area contributed by atoms with Crippen LogP contribution in [0.5, 0.6) is 0 Å². The van der Waals surface area contributed by atoms with Crippen molar-refractivity contribution < 1.29 is 9.59 Å². The van der Waals surface area contributed by atoms with Crippen molar-refractivity contribution in [3.8, 4) is 0 Å². The lowest BCUT2D eigenvalue weighted by Crippen LogP contribution is -2.51. The van der Waals surface area contributed by atoms with Crippen molar-refractivity contribution in [1.82, 2.24) is 16.0 Å². The molecule has 5 heteroatoms. The number of carbonyl (C=O) groups excluding carboxylic acids is 2. The van der Waals surface area contributed by atoms with Crippen LogP contribution < -0.4 is 16.0 Å². The van der Waals surface area contributed by atoms with Crippen LogP contribution in [0.1, 0.15) is 39.0 Å². The van der Waals surface area contributed by atoms with E-state index in [1.165, 1.54) is 12.8 Å². The summed E-state index contributed by atoms with van der Waals surface area (Å²) in [6.07, 6.45) is 5.75. The number of nitrogens with one attached hydrogen (secondary N) is 3. The molecule has 3 fully saturated rings. The minimum atomic E-state index is -0.435.